The molecule has 5 heteroatoms. The van der Waals surface area contributed by atoms with E-state index in [9.17, 15) is 0 Å². The zero-order valence-corrected chi connectivity index (χ0v) is 17.2. The Morgan fingerprint density at radius 3 is 1.30 bits per heavy atom. The van der Waals surface area contributed by atoms with Gasteiger partial charge in [-0.3, -0.25) is 0 Å². The van der Waals surface area contributed by atoms with E-state index in [1.165, 1.54) is 44.5 Å². The first kappa shape index (κ1) is 32.1. The third kappa shape index (κ3) is 35.4. The Hall–Kier alpha value is -2.56. The Labute approximate surface area is 166 Å². The summed E-state index contributed by atoms with van der Waals surface area (Å²) in [7, 11) is 0. The van der Waals surface area contributed by atoms with E-state index in [1.807, 2.05) is 6.08 Å². The fraction of sp³-hybridized carbons (Fsp3) is 0.455. The van der Waals surface area contributed by atoms with Crippen LogP contribution in [-0.2, 0) is 0 Å². The van der Waals surface area contributed by atoms with E-state index in [1.54, 1.807) is 0 Å². The van der Waals surface area contributed by atoms with Crippen LogP contribution in [0.1, 0.15) is 51.9 Å². The molecule has 0 atom stereocenters. The van der Waals surface area contributed by atoms with Crippen molar-refractivity contribution in [2.45, 2.75) is 51.9 Å². The highest BCUT2D eigenvalue weighted by atomic mass is 16.3. The van der Waals surface area contributed by atoms with Crippen molar-refractivity contribution in [2.24, 2.45) is 22.8 Å². The van der Waals surface area contributed by atoms with Gasteiger partial charge in [0.2, 0.25) is 0 Å². The Kier molecular flexibility index (Phi) is 30.6. The zero-order valence-electron chi connectivity index (χ0n) is 17.2. The highest BCUT2D eigenvalue weighted by Crippen LogP contribution is 2.45. The molecule has 0 aromatic heterocycles. The molecular weight excluding hydrogens is 340 g/mol. The van der Waals surface area contributed by atoms with Gasteiger partial charge in [-0.05, 0) is 43.5 Å². The quantitative estimate of drug-likeness (QED) is 0.290. The minimum Gasteiger partial charge on any atom is -0.516 e. The normalized spacial score (nSPS) is 14.9. The van der Waals surface area contributed by atoms with Gasteiger partial charge in [-0.25, -0.2) is 0 Å². The lowest BCUT2D eigenvalue weighted by molar-refractivity contribution is 0.278. The predicted molar refractivity (Wildman–Crippen MR) is 120 cm³/mol. The van der Waals surface area contributed by atoms with Crippen LogP contribution in [0.25, 0.3) is 0 Å². The number of aliphatic hydroxyl groups excluding tert-OH is 3. The molecule has 0 heterocycles. The van der Waals surface area contributed by atoms with Crippen molar-refractivity contribution in [3.8, 4) is 0 Å². The molecule has 0 spiro atoms. The summed E-state index contributed by atoms with van der Waals surface area (Å²) in [5.41, 5.74) is 9.78. The van der Waals surface area contributed by atoms with Crippen LogP contribution in [0.15, 0.2) is 76.2 Å². The summed E-state index contributed by atoms with van der Waals surface area (Å²) in [5.74, 6) is 0.813. The zero-order chi connectivity index (χ0) is 22.1. The first-order valence-electron chi connectivity index (χ1n) is 8.90. The van der Waals surface area contributed by atoms with Crippen molar-refractivity contribution in [3.05, 3.63) is 76.2 Å². The van der Waals surface area contributed by atoms with Crippen molar-refractivity contribution in [2.75, 3.05) is 0 Å². The number of aliphatic hydroxyl groups is 3. The van der Waals surface area contributed by atoms with Gasteiger partial charge in [0, 0.05) is 5.92 Å². The van der Waals surface area contributed by atoms with Gasteiger partial charge in [-0.1, -0.05) is 65.2 Å². The van der Waals surface area contributed by atoms with E-state index >= 15 is 0 Å². The smallest absolute Gasteiger partial charge is 0.0881 e. The number of allylic oxidation sites excluding steroid dienone is 2. The van der Waals surface area contributed by atoms with Gasteiger partial charge in [-0.15, -0.1) is 6.58 Å². The van der Waals surface area contributed by atoms with E-state index in [0.717, 1.165) is 25.4 Å². The molecule has 7 N–H and O–H groups in total. The molecule has 0 aromatic carbocycles. The summed E-state index contributed by atoms with van der Waals surface area (Å²) in [6.45, 7) is 21.6. The minimum atomic E-state index is 0.398. The summed E-state index contributed by atoms with van der Waals surface area (Å²) in [6, 6.07) is 0. The number of hydrogen-bond acceptors (Lipinski definition) is 5. The van der Waals surface area contributed by atoms with E-state index in [0.29, 0.717) is 17.1 Å². The second-order valence-electron chi connectivity index (χ2n) is 6.02. The molecule has 158 valence electrons. The molecular formula is C22H42N2O3. The largest absolute Gasteiger partial charge is 0.516 e. The molecule has 2 aliphatic carbocycles. The molecule has 0 aliphatic heterocycles. The molecule has 2 rings (SSSR count). The van der Waals surface area contributed by atoms with Crippen LogP contribution < -0.4 is 11.5 Å². The van der Waals surface area contributed by atoms with E-state index < -0.39 is 0 Å². The van der Waals surface area contributed by atoms with Crippen LogP contribution in [0, 0.1) is 11.3 Å². The van der Waals surface area contributed by atoms with E-state index in [-0.39, 0.29) is 0 Å². The van der Waals surface area contributed by atoms with Gasteiger partial charge in [0.1, 0.15) is 0 Å². The maximum absolute atomic E-state index is 8.98. The molecule has 2 fully saturated rings. The van der Waals surface area contributed by atoms with Crippen molar-refractivity contribution in [1.29, 1.82) is 0 Å². The van der Waals surface area contributed by atoms with Crippen LogP contribution in [-0.4, -0.2) is 15.3 Å². The minimum absolute atomic E-state index is 0.398. The Morgan fingerprint density at radius 1 is 0.889 bits per heavy atom. The summed E-state index contributed by atoms with van der Waals surface area (Å²) in [6.07, 6.45) is 14.9. The van der Waals surface area contributed by atoms with E-state index in [4.69, 9.17) is 15.3 Å². The maximum Gasteiger partial charge on any atom is 0.0881 e. The maximum atomic E-state index is 8.98. The third-order valence-corrected chi connectivity index (χ3v) is 3.61. The fourth-order valence-corrected chi connectivity index (χ4v) is 1.84. The Balaban J connectivity index is -0.000000129. The van der Waals surface area contributed by atoms with Gasteiger partial charge >= 0.3 is 0 Å². The van der Waals surface area contributed by atoms with Gasteiger partial charge in [0.05, 0.1) is 18.3 Å². The number of hydrogen-bond donors (Lipinski definition) is 5. The highest BCUT2D eigenvalue weighted by Gasteiger charge is 2.32. The summed E-state index contributed by atoms with van der Waals surface area (Å²) < 4.78 is 0. The molecule has 0 aromatic rings. The summed E-state index contributed by atoms with van der Waals surface area (Å²) >= 11 is 0. The second kappa shape index (κ2) is 25.7. The molecule has 0 bridgehead atoms. The Morgan fingerprint density at radius 2 is 1.19 bits per heavy atom. The topological polar surface area (TPSA) is 113 Å². The van der Waals surface area contributed by atoms with Crippen LogP contribution in [0.4, 0.5) is 0 Å². The Bertz CT molecular complexity index is 359. The first-order chi connectivity index (χ1) is 12.7. The van der Waals surface area contributed by atoms with Crippen LogP contribution in [0.5, 0.6) is 0 Å². The lowest BCUT2D eigenvalue weighted by Gasteiger charge is -2.19. The lowest BCUT2D eigenvalue weighted by atomic mass is 9.88. The third-order valence-electron chi connectivity index (χ3n) is 3.61. The van der Waals surface area contributed by atoms with E-state index in [2.05, 4.69) is 57.9 Å². The molecule has 5 nitrogen and oxygen atoms in total. The SMILES string of the molecule is C=C(O)C1CCCCC1.C=CC1(C)CC1.C=CN.C=CN.C=CO.C=CO. The molecule has 0 radical (unpaired) electrons. The first-order valence-corrected chi connectivity index (χ1v) is 8.90. The molecule has 0 unspecified atom stereocenters. The number of nitrogens with two attached hydrogens (primary N) is 2. The van der Waals surface area contributed by atoms with Crippen molar-refractivity contribution in [1.82, 2.24) is 0 Å². The monoisotopic (exact) mass is 382 g/mol. The second-order valence-corrected chi connectivity index (χ2v) is 6.02. The van der Waals surface area contributed by atoms with Crippen molar-refractivity contribution in [3.63, 3.8) is 0 Å². The molecule has 2 aliphatic rings. The average molecular weight is 383 g/mol. The molecule has 2 saturated carbocycles. The summed E-state index contributed by atoms with van der Waals surface area (Å²) in [5, 5.41) is 23.6. The van der Waals surface area contributed by atoms with Gasteiger partial charge in [-0.2, -0.15) is 0 Å². The lowest BCUT2D eigenvalue weighted by Crippen LogP contribution is -2.07. The molecule has 0 amide bonds. The van der Waals surface area contributed by atoms with Crippen molar-refractivity contribution < 1.29 is 15.3 Å². The van der Waals surface area contributed by atoms with Gasteiger partial charge in [0.15, 0.2) is 0 Å². The standard InChI is InChI=1S/C8H14O.C6H10.2C2H5N.2C2H4O/c1-7(9)8-5-3-2-4-6-8;1-3-6(2)4-5-6;4*1-2-3/h8-9H,1-6H2;3H,1,4-5H2,2H3;2*2H,1,3H2;2*2-3H,1H2. The molecule has 0 saturated heterocycles. The summed E-state index contributed by atoms with van der Waals surface area (Å²) in [4.78, 5) is 0. The highest BCUT2D eigenvalue weighted by molar-refractivity contribution is 5.02. The van der Waals surface area contributed by atoms with Gasteiger partial charge < -0.3 is 26.8 Å². The fourth-order valence-electron chi connectivity index (χ4n) is 1.84. The van der Waals surface area contributed by atoms with Gasteiger partial charge in [0.25, 0.3) is 0 Å². The van der Waals surface area contributed by atoms with Crippen LogP contribution in [0.3, 0.4) is 0 Å². The van der Waals surface area contributed by atoms with Crippen LogP contribution >= 0.6 is 0 Å². The molecule has 27 heavy (non-hydrogen) atoms. The van der Waals surface area contributed by atoms with Crippen molar-refractivity contribution >= 4 is 0 Å². The number of rotatable bonds is 2. The predicted octanol–water partition coefficient (Wildman–Crippen LogP) is 6.16. The average Bonchev–Trinajstić information content (AvgIpc) is 3.37. The van der Waals surface area contributed by atoms with Crippen LogP contribution in [0.2, 0.25) is 0 Å².